The van der Waals surface area contributed by atoms with E-state index in [-0.39, 0.29) is 37.5 Å². The number of hydrogen-bond donors (Lipinski definition) is 0. The molecule has 0 saturated heterocycles. The lowest BCUT2D eigenvalue weighted by molar-refractivity contribution is -0.167. The highest BCUT2D eigenvalue weighted by Crippen LogP contribution is 2.13. The molecule has 0 fully saturated rings. The van der Waals surface area contributed by atoms with Crippen LogP contribution in [-0.4, -0.2) is 37.2 Å². The number of carbonyl (C=O) groups is 3. The second kappa shape index (κ2) is 50.5. The van der Waals surface area contributed by atoms with Crippen molar-refractivity contribution in [1.82, 2.24) is 0 Å². The lowest BCUT2D eigenvalue weighted by atomic mass is 10.1. The molecule has 0 aliphatic rings. The molecule has 1 unspecified atom stereocenters. The Kier molecular flexibility index (Phi) is 47.9. The van der Waals surface area contributed by atoms with Crippen molar-refractivity contribution in [2.45, 2.75) is 252 Å². The van der Waals surface area contributed by atoms with Gasteiger partial charge in [0, 0.05) is 19.3 Å². The molecule has 0 saturated carbocycles. The van der Waals surface area contributed by atoms with Gasteiger partial charge in [0.25, 0.3) is 0 Å². The SMILES string of the molecule is CCCC/C=C\CCCCCCC(=O)OCC(COC(=O)CCC/C=C\C/C=C\C/C=C\C/C=C\CCCCC)OC(=O)CCCCCCCCC/C=C\CCCCCCCC. The molecule has 0 aliphatic heterocycles. The van der Waals surface area contributed by atoms with E-state index in [0.29, 0.717) is 19.3 Å². The summed E-state index contributed by atoms with van der Waals surface area (Å²) in [7, 11) is 0. The van der Waals surface area contributed by atoms with E-state index in [9.17, 15) is 14.4 Å². The fourth-order valence-corrected chi connectivity index (χ4v) is 6.94. The molecule has 1 atom stereocenters. The van der Waals surface area contributed by atoms with Gasteiger partial charge in [-0.25, -0.2) is 0 Å². The van der Waals surface area contributed by atoms with E-state index in [2.05, 4.69) is 93.7 Å². The summed E-state index contributed by atoms with van der Waals surface area (Å²) in [6, 6.07) is 0. The van der Waals surface area contributed by atoms with E-state index in [1.54, 1.807) is 0 Å². The van der Waals surface area contributed by atoms with Crippen molar-refractivity contribution in [3.63, 3.8) is 0 Å². The number of carbonyl (C=O) groups excluding carboxylic acids is 3. The molecule has 0 aromatic carbocycles. The minimum atomic E-state index is -0.803. The highest BCUT2D eigenvalue weighted by molar-refractivity contribution is 5.71. The number of ether oxygens (including phenoxy) is 3. The van der Waals surface area contributed by atoms with Gasteiger partial charge in [-0.3, -0.25) is 14.4 Å². The molecule has 0 heterocycles. The molecule has 356 valence electrons. The third kappa shape index (κ3) is 47.9. The molecule has 0 aromatic heterocycles. The van der Waals surface area contributed by atoms with Crippen molar-refractivity contribution in [3.8, 4) is 0 Å². The van der Waals surface area contributed by atoms with Gasteiger partial charge in [-0.2, -0.15) is 0 Å². The third-order valence-corrected chi connectivity index (χ3v) is 10.9. The Morgan fingerprint density at radius 3 is 1.06 bits per heavy atom. The molecule has 0 aliphatic carbocycles. The van der Waals surface area contributed by atoms with Gasteiger partial charge in [0.05, 0.1) is 0 Å². The Morgan fingerprint density at radius 2 is 0.613 bits per heavy atom. The maximum atomic E-state index is 12.8. The van der Waals surface area contributed by atoms with E-state index in [4.69, 9.17) is 14.2 Å². The Morgan fingerprint density at radius 1 is 0.323 bits per heavy atom. The summed E-state index contributed by atoms with van der Waals surface area (Å²) in [4.78, 5) is 37.9. The van der Waals surface area contributed by atoms with Crippen molar-refractivity contribution in [1.29, 1.82) is 0 Å². The van der Waals surface area contributed by atoms with E-state index in [1.165, 1.54) is 116 Å². The first-order valence-electron chi connectivity index (χ1n) is 25.9. The standard InChI is InChI=1S/C56H96O6/c1-4-7-10-13-16-19-22-24-26-28-30-32-34-37-40-43-46-49-55(58)61-52-53(51-60-54(57)48-45-42-39-36-21-18-15-12-9-6-3)62-56(59)50-47-44-41-38-35-33-31-29-27-25-23-20-17-14-11-8-5-2/h15-16,18-19,24-27,30,32,37,40,53H,4-14,17,20-23,28-29,31,33-36,38-39,41-52H2,1-3H3/b18-15-,19-16-,26-24-,27-25-,32-30-,40-37-. The van der Waals surface area contributed by atoms with Crippen molar-refractivity contribution in [2.24, 2.45) is 0 Å². The molecular weight excluding hydrogens is 769 g/mol. The van der Waals surface area contributed by atoms with Crippen molar-refractivity contribution < 1.29 is 28.6 Å². The van der Waals surface area contributed by atoms with Gasteiger partial charge in [0.15, 0.2) is 6.10 Å². The molecular formula is C56H96O6. The summed E-state index contributed by atoms with van der Waals surface area (Å²) in [5.74, 6) is -0.975. The average molecular weight is 865 g/mol. The predicted octanol–water partition coefficient (Wildman–Crippen LogP) is 17.0. The molecule has 62 heavy (non-hydrogen) atoms. The number of unbranched alkanes of at least 4 members (excludes halogenated alkanes) is 23. The number of allylic oxidation sites excluding steroid dienone is 12. The van der Waals surface area contributed by atoms with E-state index in [0.717, 1.165) is 83.5 Å². The monoisotopic (exact) mass is 865 g/mol. The van der Waals surface area contributed by atoms with Crippen LogP contribution in [0.2, 0.25) is 0 Å². The largest absolute Gasteiger partial charge is 0.462 e. The summed E-state index contributed by atoms with van der Waals surface area (Å²) in [5.41, 5.74) is 0. The van der Waals surface area contributed by atoms with Gasteiger partial charge >= 0.3 is 17.9 Å². The lowest BCUT2D eigenvalue weighted by Crippen LogP contribution is -2.30. The zero-order valence-electron chi connectivity index (χ0n) is 40.6. The van der Waals surface area contributed by atoms with Crippen LogP contribution in [0.4, 0.5) is 0 Å². The van der Waals surface area contributed by atoms with Gasteiger partial charge in [-0.05, 0) is 103 Å². The van der Waals surface area contributed by atoms with Gasteiger partial charge in [0.1, 0.15) is 13.2 Å². The predicted molar refractivity (Wildman–Crippen MR) is 265 cm³/mol. The molecule has 6 heteroatoms. The summed E-state index contributed by atoms with van der Waals surface area (Å²) in [6.45, 7) is 6.50. The molecule has 6 nitrogen and oxygen atoms in total. The maximum Gasteiger partial charge on any atom is 0.306 e. The zero-order valence-corrected chi connectivity index (χ0v) is 40.6. The molecule has 0 rings (SSSR count). The first kappa shape index (κ1) is 58.9. The fourth-order valence-electron chi connectivity index (χ4n) is 6.94. The molecule has 0 amide bonds. The molecule has 0 aromatic rings. The van der Waals surface area contributed by atoms with Crippen LogP contribution in [0, 0.1) is 0 Å². The van der Waals surface area contributed by atoms with Crippen LogP contribution in [0.3, 0.4) is 0 Å². The summed E-state index contributed by atoms with van der Waals surface area (Å²) in [6.07, 6.45) is 63.2. The van der Waals surface area contributed by atoms with Crippen LogP contribution in [-0.2, 0) is 28.6 Å². The summed E-state index contributed by atoms with van der Waals surface area (Å²) < 4.78 is 16.7. The van der Waals surface area contributed by atoms with E-state index < -0.39 is 6.10 Å². The minimum absolute atomic E-state index is 0.100. The quantitative estimate of drug-likeness (QED) is 0.0262. The first-order chi connectivity index (χ1) is 30.5. The number of rotatable bonds is 46. The van der Waals surface area contributed by atoms with Crippen molar-refractivity contribution >= 4 is 17.9 Å². The maximum absolute atomic E-state index is 12.8. The fraction of sp³-hybridized carbons (Fsp3) is 0.732. The molecule has 0 bridgehead atoms. The third-order valence-electron chi connectivity index (χ3n) is 10.9. The van der Waals surface area contributed by atoms with Crippen molar-refractivity contribution in [2.75, 3.05) is 13.2 Å². The van der Waals surface area contributed by atoms with Gasteiger partial charge < -0.3 is 14.2 Å². The highest BCUT2D eigenvalue weighted by atomic mass is 16.6. The summed E-state index contributed by atoms with van der Waals surface area (Å²) in [5, 5.41) is 0. The number of hydrogen-bond acceptors (Lipinski definition) is 6. The van der Waals surface area contributed by atoms with E-state index in [1.807, 2.05) is 0 Å². The molecule has 0 N–H and O–H groups in total. The Labute approximate surface area is 382 Å². The van der Waals surface area contributed by atoms with E-state index >= 15 is 0 Å². The van der Waals surface area contributed by atoms with Crippen LogP contribution in [0.1, 0.15) is 245 Å². The highest BCUT2D eigenvalue weighted by Gasteiger charge is 2.19. The molecule has 0 radical (unpaired) electrons. The zero-order chi connectivity index (χ0) is 45.1. The number of esters is 3. The second-order valence-corrected chi connectivity index (χ2v) is 17.1. The lowest BCUT2D eigenvalue weighted by Gasteiger charge is -2.18. The topological polar surface area (TPSA) is 78.9 Å². The van der Waals surface area contributed by atoms with Crippen LogP contribution >= 0.6 is 0 Å². The first-order valence-corrected chi connectivity index (χ1v) is 25.9. The van der Waals surface area contributed by atoms with Crippen molar-refractivity contribution in [3.05, 3.63) is 72.9 Å². The second-order valence-electron chi connectivity index (χ2n) is 17.1. The Hall–Kier alpha value is -3.15. The van der Waals surface area contributed by atoms with Crippen LogP contribution in [0.5, 0.6) is 0 Å². The summed E-state index contributed by atoms with van der Waals surface area (Å²) >= 11 is 0. The normalized spacial score (nSPS) is 12.6. The van der Waals surface area contributed by atoms with Crippen LogP contribution in [0.25, 0.3) is 0 Å². The molecule has 0 spiro atoms. The van der Waals surface area contributed by atoms with Crippen LogP contribution in [0.15, 0.2) is 72.9 Å². The Balaban J connectivity index is 4.45. The van der Waals surface area contributed by atoms with Gasteiger partial charge in [-0.1, -0.05) is 196 Å². The van der Waals surface area contributed by atoms with Gasteiger partial charge in [-0.15, -0.1) is 0 Å². The minimum Gasteiger partial charge on any atom is -0.462 e. The van der Waals surface area contributed by atoms with Gasteiger partial charge in [0.2, 0.25) is 0 Å². The smallest absolute Gasteiger partial charge is 0.306 e. The van der Waals surface area contributed by atoms with Crippen LogP contribution < -0.4 is 0 Å². The Bertz CT molecular complexity index is 1180. The average Bonchev–Trinajstić information content (AvgIpc) is 3.27.